The first kappa shape index (κ1) is 11.3. The molecule has 1 amide bonds. The smallest absolute Gasteiger partial charge is 0.251 e. The molecule has 0 radical (unpaired) electrons. The van der Waals surface area contributed by atoms with Crippen LogP contribution in [0.3, 0.4) is 0 Å². The summed E-state index contributed by atoms with van der Waals surface area (Å²) < 4.78 is 10.8. The lowest BCUT2D eigenvalue weighted by molar-refractivity contribution is 0.0955. The number of ether oxygens (including phenoxy) is 2. The van der Waals surface area contributed by atoms with Crippen LogP contribution in [0.1, 0.15) is 10.4 Å². The van der Waals surface area contributed by atoms with Crippen LogP contribution in [0.2, 0.25) is 0 Å². The fourth-order valence-corrected chi connectivity index (χ4v) is 1.65. The van der Waals surface area contributed by atoms with Crippen molar-refractivity contribution in [3.05, 3.63) is 23.8 Å². The number of carbonyl (C=O) groups excluding carboxylic acids is 1. The summed E-state index contributed by atoms with van der Waals surface area (Å²) in [6.45, 7) is 1.69. The van der Waals surface area contributed by atoms with E-state index in [1.807, 2.05) is 0 Å². The van der Waals surface area contributed by atoms with Crippen molar-refractivity contribution >= 4 is 21.8 Å². The zero-order valence-electron chi connectivity index (χ0n) is 8.66. The van der Waals surface area contributed by atoms with E-state index in [1.165, 1.54) is 0 Å². The van der Waals surface area contributed by atoms with Crippen molar-refractivity contribution in [1.82, 2.24) is 5.32 Å². The van der Waals surface area contributed by atoms with Crippen LogP contribution in [0.5, 0.6) is 11.5 Å². The normalized spacial score (nSPS) is 13.3. The molecule has 1 heterocycles. The van der Waals surface area contributed by atoms with Crippen molar-refractivity contribution in [3.8, 4) is 11.5 Å². The average Bonchev–Trinajstić information content (AvgIpc) is 2.35. The second-order valence-electron chi connectivity index (χ2n) is 3.30. The van der Waals surface area contributed by atoms with Gasteiger partial charge in [-0.05, 0) is 18.2 Å². The van der Waals surface area contributed by atoms with Crippen LogP contribution >= 0.6 is 15.9 Å². The van der Waals surface area contributed by atoms with Gasteiger partial charge >= 0.3 is 0 Å². The van der Waals surface area contributed by atoms with Crippen molar-refractivity contribution in [1.29, 1.82) is 0 Å². The molecule has 2 rings (SSSR count). The fourth-order valence-electron chi connectivity index (χ4n) is 1.45. The zero-order chi connectivity index (χ0) is 11.4. The van der Waals surface area contributed by atoms with Crippen molar-refractivity contribution in [2.24, 2.45) is 0 Å². The molecule has 16 heavy (non-hydrogen) atoms. The van der Waals surface area contributed by atoms with Crippen LogP contribution < -0.4 is 14.8 Å². The Bertz CT molecular complexity index is 395. The topological polar surface area (TPSA) is 47.6 Å². The minimum Gasteiger partial charge on any atom is -0.486 e. The van der Waals surface area contributed by atoms with E-state index in [0.717, 1.165) is 5.33 Å². The van der Waals surface area contributed by atoms with E-state index in [0.29, 0.717) is 36.8 Å². The van der Waals surface area contributed by atoms with Gasteiger partial charge in [0.25, 0.3) is 5.91 Å². The van der Waals surface area contributed by atoms with Crippen LogP contribution in [0, 0.1) is 0 Å². The maximum Gasteiger partial charge on any atom is 0.251 e. The van der Waals surface area contributed by atoms with Crippen molar-refractivity contribution in [2.75, 3.05) is 25.1 Å². The molecule has 0 bridgehead atoms. The van der Waals surface area contributed by atoms with Gasteiger partial charge in [-0.25, -0.2) is 0 Å². The molecule has 86 valence electrons. The molecule has 0 aliphatic carbocycles. The highest BCUT2D eigenvalue weighted by Crippen LogP contribution is 2.30. The summed E-state index contributed by atoms with van der Waals surface area (Å²) in [5.41, 5.74) is 0.588. The Kier molecular flexibility index (Phi) is 3.66. The molecule has 1 aliphatic heterocycles. The average molecular weight is 286 g/mol. The summed E-state index contributed by atoms with van der Waals surface area (Å²) in [6, 6.07) is 5.20. The molecule has 1 aliphatic rings. The predicted octanol–water partition coefficient (Wildman–Crippen LogP) is 1.58. The number of benzene rings is 1. The zero-order valence-corrected chi connectivity index (χ0v) is 10.2. The van der Waals surface area contributed by atoms with Gasteiger partial charge in [-0.1, -0.05) is 15.9 Å². The number of hydrogen-bond acceptors (Lipinski definition) is 3. The van der Waals surface area contributed by atoms with E-state index in [1.54, 1.807) is 18.2 Å². The molecule has 0 spiro atoms. The van der Waals surface area contributed by atoms with Gasteiger partial charge in [-0.15, -0.1) is 0 Å². The van der Waals surface area contributed by atoms with Gasteiger partial charge in [-0.3, -0.25) is 4.79 Å². The summed E-state index contributed by atoms with van der Waals surface area (Å²) >= 11 is 3.25. The van der Waals surface area contributed by atoms with E-state index in [-0.39, 0.29) is 5.91 Å². The largest absolute Gasteiger partial charge is 0.486 e. The van der Waals surface area contributed by atoms with Crippen molar-refractivity contribution < 1.29 is 14.3 Å². The Labute approximate surface area is 102 Å². The fraction of sp³-hybridized carbons (Fsp3) is 0.364. The Balaban J connectivity index is 2.13. The van der Waals surface area contributed by atoms with Gasteiger partial charge in [0.05, 0.1) is 0 Å². The molecular weight excluding hydrogens is 274 g/mol. The first-order chi connectivity index (χ1) is 7.81. The molecule has 0 fully saturated rings. The van der Waals surface area contributed by atoms with Crippen molar-refractivity contribution in [3.63, 3.8) is 0 Å². The number of amides is 1. The van der Waals surface area contributed by atoms with Gasteiger partial charge in [0.15, 0.2) is 11.5 Å². The van der Waals surface area contributed by atoms with E-state index >= 15 is 0 Å². The third kappa shape index (κ3) is 2.47. The monoisotopic (exact) mass is 285 g/mol. The summed E-state index contributed by atoms with van der Waals surface area (Å²) in [5, 5.41) is 3.51. The second-order valence-corrected chi connectivity index (χ2v) is 4.10. The van der Waals surface area contributed by atoms with Gasteiger partial charge in [0.1, 0.15) is 13.2 Å². The van der Waals surface area contributed by atoms with Gasteiger partial charge < -0.3 is 14.8 Å². The third-order valence-electron chi connectivity index (χ3n) is 2.18. The summed E-state index contributed by atoms with van der Waals surface area (Å²) in [5.74, 6) is 1.23. The Morgan fingerprint density at radius 2 is 2.06 bits per heavy atom. The van der Waals surface area contributed by atoms with Gasteiger partial charge in [-0.2, -0.15) is 0 Å². The molecule has 0 unspecified atom stereocenters. The van der Waals surface area contributed by atoms with Crippen LogP contribution in [0.15, 0.2) is 18.2 Å². The Morgan fingerprint density at radius 3 is 2.81 bits per heavy atom. The first-order valence-corrected chi connectivity index (χ1v) is 6.17. The van der Waals surface area contributed by atoms with E-state index in [4.69, 9.17) is 9.47 Å². The van der Waals surface area contributed by atoms with Gasteiger partial charge in [0, 0.05) is 17.4 Å². The highest BCUT2D eigenvalue weighted by molar-refractivity contribution is 9.09. The highest BCUT2D eigenvalue weighted by Gasteiger charge is 2.14. The molecule has 1 aromatic carbocycles. The SMILES string of the molecule is O=C(NCCBr)c1ccc2c(c1)OCCO2. The van der Waals surface area contributed by atoms with Crippen LogP contribution in [0.4, 0.5) is 0 Å². The number of alkyl halides is 1. The lowest BCUT2D eigenvalue weighted by atomic mass is 10.2. The Morgan fingerprint density at radius 1 is 1.31 bits per heavy atom. The minimum atomic E-state index is -0.101. The number of hydrogen-bond donors (Lipinski definition) is 1. The minimum absolute atomic E-state index is 0.101. The van der Waals surface area contributed by atoms with E-state index in [2.05, 4.69) is 21.2 Å². The molecule has 4 nitrogen and oxygen atoms in total. The number of fused-ring (bicyclic) bond motifs is 1. The summed E-state index contributed by atoms with van der Waals surface area (Å²) in [7, 11) is 0. The molecule has 0 atom stereocenters. The molecule has 0 saturated carbocycles. The van der Waals surface area contributed by atoms with Gasteiger partial charge in [0.2, 0.25) is 0 Å². The lowest BCUT2D eigenvalue weighted by Crippen LogP contribution is -2.25. The Hall–Kier alpha value is -1.23. The predicted molar refractivity (Wildman–Crippen MR) is 63.6 cm³/mol. The van der Waals surface area contributed by atoms with E-state index in [9.17, 15) is 4.79 Å². The first-order valence-electron chi connectivity index (χ1n) is 5.05. The third-order valence-corrected chi connectivity index (χ3v) is 2.58. The standard InChI is InChI=1S/C11H12BrNO3/c12-3-4-13-11(14)8-1-2-9-10(7-8)16-6-5-15-9/h1-2,7H,3-6H2,(H,13,14). The molecular formula is C11H12BrNO3. The maximum absolute atomic E-state index is 11.7. The molecule has 1 N–H and O–H groups in total. The van der Waals surface area contributed by atoms with Crippen LogP contribution in [-0.2, 0) is 0 Å². The van der Waals surface area contributed by atoms with Crippen LogP contribution in [-0.4, -0.2) is 31.0 Å². The summed E-state index contributed by atoms with van der Waals surface area (Å²) in [6.07, 6.45) is 0. The number of halogens is 1. The van der Waals surface area contributed by atoms with E-state index < -0.39 is 0 Å². The molecule has 0 saturated heterocycles. The summed E-state index contributed by atoms with van der Waals surface area (Å²) in [4.78, 5) is 11.7. The lowest BCUT2D eigenvalue weighted by Gasteiger charge is -2.18. The maximum atomic E-state index is 11.7. The van der Waals surface area contributed by atoms with Crippen molar-refractivity contribution in [2.45, 2.75) is 0 Å². The van der Waals surface area contributed by atoms with Crippen LogP contribution in [0.25, 0.3) is 0 Å². The second kappa shape index (κ2) is 5.21. The number of nitrogens with one attached hydrogen (secondary N) is 1. The molecule has 1 aromatic rings. The number of rotatable bonds is 3. The molecule has 5 heteroatoms. The highest BCUT2D eigenvalue weighted by atomic mass is 79.9. The molecule has 0 aromatic heterocycles. The number of carbonyl (C=O) groups is 1. The quantitative estimate of drug-likeness (QED) is 0.858.